The summed E-state index contributed by atoms with van der Waals surface area (Å²) in [7, 11) is 0. The first-order valence-electron chi connectivity index (χ1n) is 11.3. The zero-order valence-electron chi connectivity index (χ0n) is 19.2. The molecular weight excluding hydrogens is 448 g/mol. The van der Waals surface area contributed by atoms with E-state index in [1.807, 2.05) is 36.4 Å². The number of carboxylic acids is 1. The molecule has 4 rings (SSSR count). The van der Waals surface area contributed by atoms with Gasteiger partial charge in [-0.25, -0.2) is 9.59 Å². The maximum absolute atomic E-state index is 12.6. The van der Waals surface area contributed by atoms with Crippen LogP contribution in [0.2, 0.25) is 0 Å². The highest BCUT2D eigenvalue weighted by molar-refractivity contribution is 5.98. The average Bonchev–Trinajstić information content (AvgIpc) is 3.17. The van der Waals surface area contributed by atoms with E-state index in [9.17, 15) is 19.5 Å². The molecular formula is C27H26N2O6. The zero-order valence-corrected chi connectivity index (χ0v) is 19.2. The van der Waals surface area contributed by atoms with Crippen molar-refractivity contribution in [1.29, 1.82) is 0 Å². The van der Waals surface area contributed by atoms with Gasteiger partial charge >= 0.3 is 12.1 Å². The van der Waals surface area contributed by atoms with Gasteiger partial charge in [0.25, 0.3) is 5.91 Å². The van der Waals surface area contributed by atoms with E-state index < -0.39 is 24.0 Å². The van der Waals surface area contributed by atoms with E-state index in [0.29, 0.717) is 11.3 Å². The van der Waals surface area contributed by atoms with Crippen LogP contribution in [-0.2, 0) is 9.53 Å². The Morgan fingerprint density at radius 3 is 2.20 bits per heavy atom. The number of hydrogen-bond acceptors (Lipinski definition) is 5. The van der Waals surface area contributed by atoms with E-state index in [1.165, 1.54) is 12.1 Å². The fourth-order valence-electron chi connectivity index (χ4n) is 4.27. The van der Waals surface area contributed by atoms with Gasteiger partial charge in [0.05, 0.1) is 0 Å². The minimum Gasteiger partial charge on any atom is -0.480 e. The summed E-state index contributed by atoms with van der Waals surface area (Å²) in [5, 5.41) is 23.3. The third-order valence-electron chi connectivity index (χ3n) is 6.10. The normalized spacial score (nSPS) is 12.9. The topological polar surface area (TPSA) is 125 Å². The lowest BCUT2D eigenvalue weighted by molar-refractivity contribution is -0.139. The summed E-state index contributed by atoms with van der Waals surface area (Å²) in [5.41, 5.74) is 5.73. The first kappa shape index (κ1) is 24.0. The van der Waals surface area contributed by atoms with Crippen LogP contribution in [0.4, 0.5) is 10.5 Å². The van der Waals surface area contributed by atoms with Gasteiger partial charge in [-0.1, -0.05) is 54.6 Å². The van der Waals surface area contributed by atoms with Crippen LogP contribution in [0.25, 0.3) is 11.1 Å². The van der Waals surface area contributed by atoms with Crippen molar-refractivity contribution < 1.29 is 29.3 Å². The zero-order chi connectivity index (χ0) is 24.9. The van der Waals surface area contributed by atoms with Gasteiger partial charge in [-0.2, -0.15) is 0 Å². The molecule has 1 aliphatic rings. The molecule has 2 amide bonds. The number of nitrogens with one attached hydrogen (secondary N) is 2. The molecule has 0 heterocycles. The van der Waals surface area contributed by atoms with Crippen molar-refractivity contribution in [2.75, 3.05) is 18.5 Å². The maximum Gasteiger partial charge on any atom is 0.411 e. The van der Waals surface area contributed by atoms with Gasteiger partial charge < -0.3 is 20.3 Å². The van der Waals surface area contributed by atoms with Crippen LogP contribution in [0.1, 0.15) is 39.4 Å². The smallest absolute Gasteiger partial charge is 0.411 e. The van der Waals surface area contributed by atoms with E-state index in [-0.39, 0.29) is 31.1 Å². The molecule has 180 valence electrons. The number of aliphatic hydroxyl groups excluding tert-OH is 1. The highest BCUT2D eigenvalue weighted by Crippen LogP contribution is 2.44. The van der Waals surface area contributed by atoms with E-state index in [2.05, 4.69) is 22.8 Å². The van der Waals surface area contributed by atoms with Crippen LogP contribution in [-0.4, -0.2) is 47.4 Å². The van der Waals surface area contributed by atoms with Crippen molar-refractivity contribution in [2.45, 2.75) is 25.3 Å². The largest absolute Gasteiger partial charge is 0.480 e. The first-order valence-corrected chi connectivity index (χ1v) is 11.3. The number of carbonyl (C=O) groups excluding carboxylic acids is 2. The monoisotopic (exact) mass is 474 g/mol. The number of rotatable bonds is 8. The number of benzene rings is 3. The number of aliphatic hydroxyl groups is 1. The van der Waals surface area contributed by atoms with Gasteiger partial charge in [0, 0.05) is 30.2 Å². The van der Waals surface area contributed by atoms with Crippen LogP contribution < -0.4 is 10.6 Å². The molecule has 0 spiro atoms. The lowest BCUT2D eigenvalue weighted by Crippen LogP contribution is -2.41. The average molecular weight is 475 g/mol. The molecule has 0 bridgehead atoms. The minimum absolute atomic E-state index is 0.0779. The number of carboxylic acid groups (broad SMARTS) is 1. The van der Waals surface area contributed by atoms with Crippen molar-refractivity contribution in [1.82, 2.24) is 5.32 Å². The Morgan fingerprint density at radius 1 is 0.971 bits per heavy atom. The number of ether oxygens (including phenoxy) is 1. The summed E-state index contributed by atoms with van der Waals surface area (Å²) in [6.07, 6.45) is -0.770. The molecule has 0 fully saturated rings. The summed E-state index contributed by atoms with van der Waals surface area (Å²) in [6, 6.07) is 19.5. The summed E-state index contributed by atoms with van der Waals surface area (Å²) >= 11 is 0. The Morgan fingerprint density at radius 2 is 1.60 bits per heavy atom. The van der Waals surface area contributed by atoms with Crippen molar-refractivity contribution in [3.8, 4) is 11.1 Å². The lowest BCUT2D eigenvalue weighted by atomic mass is 9.98. The molecule has 0 aliphatic heterocycles. The second-order valence-electron chi connectivity index (χ2n) is 8.36. The summed E-state index contributed by atoms with van der Waals surface area (Å²) in [5.74, 6) is -1.94. The molecule has 0 saturated heterocycles. The van der Waals surface area contributed by atoms with Gasteiger partial charge in [-0.05, 0) is 46.9 Å². The van der Waals surface area contributed by atoms with Gasteiger partial charge in [-0.3, -0.25) is 10.1 Å². The number of fused-ring (bicyclic) bond motifs is 3. The van der Waals surface area contributed by atoms with E-state index >= 15 is 0 Å². The number of amides is 2. The molecule has 1 aliphatic carbocycles. The van der Waals surface area contributed by atoms with E-state index in [1.54, 1.807) is 13.0 Å². The minimum atomic E-state index is -1.24. The maximum atomic E-state index is 12.6. The number of carbonyl (C=O) groups is 3. The van der Waals surface area contributed by atoms with Gasteiger partial charge in [0.2, 0.25) is 0 Å². The Balaban J connectivity index is 1.43. The van der Waals surface area contributed by atoms with Gasteiger partial charge in [0.1, 0.15) is 12.6 Å². The predicted molar refractivity (Wildman–Crippen MR) is 130 cm³/mol. The molecule has 0 radical (unpaired) electrons. The van der Waals surface area contributed by atoms with Crippen LogP contribution in [0, 0.1) is 6.92 Å². The molecule has 4 N–H and O–H groups in total. The van der Waals surface area contributed by atoms with Crippen molar-refractivity contribution in [2.24, 2.45) is 0 Å². The van der Waals surface area contributed by atoms with Gasteiger partial charge in [-0.15, -0.1) is 0 Å². The predicted octanol–water partition coefficient (Wildman–Crippen LogP) is 3.92. The van der Waals surface area contributed by atoms with E-state index in [4.69, 9.17) is 9.84 Å². The Labute approximate surface area is 202 Å². The fraction of sp³-hybridized carbons (Fsp3) is 0.222. The molecule has 8 nitrogen and oxygen atoms in total. The van der Waals surface area contributed by atoms with Crippen LogP contribution >= 0.6 is 0 Å². The molecule has 3 aromatic carbocycles. The van der Waals surface area contributed by atoms with Crippen LogP contribution in [0.5, 0.6) is 0 Å². The third-order valence-corrected chi connectivity index (χ3v) is 6.10. The Bertz CT molecular complexity index is 1230. The lowest BCUT2D eigenvalue weighted by Gasteiger charge is -2.16. The van der Waals surface area contributed by atoms with E-state index in [0.717, 1.165) is 22.3 Å². The molecule has 3 aromatic rings. The van der Waals surface area contributed by atoms with Crippen molar-refractivity contribution >= 4 is 23.7 Å². The standard InChI is InChI=1S/C27H26N2O6/c1-16-10-11-17(25(31)28-23(12-13-30)26(32)33)14-24(16)29-27(34)35-15-22-20-8-4-2-6-18(20)19-7-3-5-9-21(19)22/h2-11,14,22-23,30H,12-13,15H2,1H3,(H,28,31)(H,29,34)(H,32,33)/t23-/m1/s1. The summed E-state index contributed by atoms with van der Waals surface area (Å²) in [4.78, 5) is 36.4. The second kappa shape index (κ2) is 10.4. The van der Waals surface area contributed by atoms with Gasteiger partial charge in [0.15, 0.2) is 0 Å². The number of anilines is 1. The third kappa shape index (κ3) is 5.17. The van der Waals surface area contributed by atoms with Crippen LogP contribution in [0.15, 0.2) is 66.7 Å². The molecule has 35 heavy (non-hydrogen) atoms. The number of aliphatic carboxylic acids is 1. The second-order valence-corrected chi connectivity index (χ2v) is 8.36. The molecule has 0 aromatic heterocycles. The highest BCUT2D eigenvalue weighted by Gasteiger charge is 2.29. The van der Waals surface area contributed by atoms with Crippen molar-refractivity contribution in [3.63, 3.8) is 0 Å². The summed E-state index contributed by atoms with van der Waals surface area (Å²) in [6.45, 7) is 1.55. The molecule has 1 atom stereocenters. The van der Waals surface area contributed by atoms with Crippen molar-refractivity contribution in [3.05, 3.63) is 89.0 Å². The quantitative estimate of drug-likeness (QED) is 0.392. The highest BCUT2D eigenvalue weighted by atomic mass is 16.5. The summed E-state index contributed by atoms with van der Waals surface area (Å²) < 4.78 is 5.57. The fourth-order valence-corrected chi connectivity index (χ4v) is 4.27. The Kier molecular flexibility index (Phi) is 7.12. The Hall–Kier alpha value is -4.17. The van der Waals surface area contributed by atoms with Crippen LogP contribution in [0.3, 0.4) is 0 Å². The molecule has 0 unspecified atom stereocenters. The molecule has 8 heteroatoms. The SMILES string of the molecule is Cc1ccc(C(=O)N[C@H](CCO)C(=O)O)cc1NC(=O)OCC1c2ccccc2-c2ccccc21. The first-order chi connectivity index (χ1) is 16.9. The number of hydrogen-bond donors (Lipinski definition) is 4. The molecule has 0 saturated carbocycles. The number of aryl methyl sites for hydroxylation is 1.